The average molecular weight is 346 g/mol. The van der Waals surface area contributed by atoms with E-state index >= 15 is 0 Å². The fraction of sp³-hybridized carbons (Fsp3) is 0.250. The van der Waals surface area contributed by atoms with Crippen LogP contribution < -0.4 is 5.56 Å². The highest BCUT2D eigenvalue weighted by molar-refractivity contribution is 9.10. The van der Waals surface area contributed by atoms with Crippen molar-refractivity contribution in [2.75, 3.05) is 0 Å². The highest BCUT2D eigenvalue weighted by atomic mass is 79.9. The fourth-order valence-electron chi connectivity index (χ4n) is 1.89. The maximum atomic E-state index is 11.6. The molecule has 0 fully saturated rings. The smallest absolute Gasteiger partial charge is 0.263 e. The normalized spacial score (nSPS) is 10.2. The lowest BCUT2D eigenvalue weighted by Crippen LogP contribution is -2.09. The fourth-order valence-corrected chi connectivity index (χ4v) is 2.20. The van der Waals surface area contributed by atoms with Gasteiger partial charge in [-0.15, -0.1) is 0 Å². The lowest BCUT2D eigenvalue weighted by atomic mass is 10.0. The van der Waals surface area contributed by atoms with Gasteiger partial charge in [-0.3, -0.25) is 4.79 Å². The molecule has 0 saturated heterocycles. The van der Waals surface area contributed by atoms with E-state index in [-0.39, 0.29) is 22.5 Å². The van der Waals surface area contributed by atoms with Crippen molar-refractivity contribution in [2.24, 2.45) is 0 Å². The summed E-state index contributed by atoms with van der Waals surface area (Å²) >= 11 is 3.31. The van der Waals surface area contributed by atoms with Crippen LogP contribution in [0.15, 0.2) is 21.4 Å². The second kappa shape index (κ2) is 4.72. The average Bonchev–Trinajstić information content (AvgIpc) is 2.17. The number of aromatic amines is 1. The second-order valence-corrected chi connectivity index (χ2v) is 4.69. The van der Waals surface area contributed by atoms with Crippen molar-refractivity contribution in [2.45, 2.75) is 20.8 Å². The molecule has 0 bridgehead atoms. The highest BCUT2D eigenvalue weighted by Crippen LogP contribution is 2.24. The first-order valence-corrected chi connectivity index (χ1v) is 5.59. The second-order valence-electron chi connectivity index (χ2n) is 3.90. The molecule has 1 N–H and O–H groups in total. The zero-order chi connectivity index (χ0) is 11.2. The van der Waals surface area contributed by atoms with Crippen LogP contribution in [0.25, 0.3) is 10.9 Å². The van der Waals surface area contributed by atoms with Crippen LogP contribution in [-0.2, 0) is 0 Å². The zero-order valence-electron chi connectivity index (χ0n) is 9.32. The van der Waals surface area contributed by atoms with Crippen LogP contribution in [0.1, 0.15) is 16.7 Å². The quantitative estimate of drug-likeness (QED) is 0.767. The molecule has 1 heterocycles. The third-order valence-corrected chi connectivity index (χ3v) is 3.61. The molecule has 1 radical (unpaired) electrons. The number of aryl methyl sites for hydroxylation is 3. The molecule has 0 atom stereocenters. The van der Waals surface area contributed by atoms with E-state index in [1.165, 1.54) is 5.56 Å². The lowest BCUT2D eigenvalue weighted by Gasteiger charge is -2.08. The SMILES string of the molecule is Cc1cc(C)c2[nH]c(=O)c(Br)c(C)c2c1.[Br]. The van der Waals surface area contributed by atoms with Crippen LogP contribution in [0.4, 0.5) is 0 Å². The van der Waals surface area contributed by atoms with Gasteiger partial charge >= 0.3 is 0 Å². The van der Waals surface area contributed by atoms with Crippen LogP contribution in [0, 0.1) is 20.8 Å². The number of fused-ring (bicyclic) bond motifs is 1. The Balaban J connectivity index is 0.00000128. The summed E-state index contributed by atoms with van der Waals surface area (Å²) in [7, 11) is 0. The van der Waals surface area contributed by atoms with Crippen molar-refractivity contribution in [3.8, 4) is 0 Å². The van der Waals surface area contributed by atoms with Gasteiger partial charge in [0.1, 0.15) is 0 Å². The Labute approximate surface area is 113 Å². The first-order chi connectivity index (χ1) is 7.00. The minimum Gasteiger partial charge on any atom is -0.321 e. The molecule has 4 heteroatoms. The summed E-state index contributed by atoms with van der Waals surface area (Å²) in [4.78, 5) is 14.5. The Kier molecular flexibility index (Phi) is 3.97. The van der Waals surface area contributed by atoms with E-state index in [0.29, 0.717) is 4.47 Å². The third kappa shape index (κ3) is 2.09. The summed E-state index contributed by atoms with van der Waals surface area (Å²) in [6.07, 6.45) is 0. The van der Waals surface area contributed by atoms with Gasteiger partial charge in [0, 0.05) is 22.4 Å². The largest absolute Gasteiger partial charge is 0.321 e. The van der Waals surface area contributed by atoms with Crippen molar-refractivity contribution in [1.82, 2.24) is 4.98 Å². The van der Waals surface area contributed by atoms with Gasteiger partial charge in [0.05, 0.1) is 9.99 Å². The molecule has 0 spiro atoms. The Bertz CT molecular complexity index is 602. The van der Waals surface area contributed by atoms with Crippen molar-refractivity contribution >= 4 is 43.8 Å². The predicted molar refractivity (Wildman–Crippen MR) is 75.4 cm³/mol. The van der Waals surface area contributed by atoms with Gasteiger partial charge in [0.25, 0.3) is 5.56 Å². The molecule has 0 aliphatic rings. The van der Waals surface area contributed by atoms with E-state index in [9.17, 15) is 4.79 Å². The Morgan fingerprint density at radius 1 is 1.19 bits per heavy atom. The zero-order valence-corrected chi connectivity index (χ0v) is 12.5. The Hall–Kier alpha value is -0.610. The standard InChI is InChI=1S/C12H12BrNO.Br/c1-6-4-7(2)11-9(5-6)8(3)10(13)12(15)14-11;/h4-5H,1-3H3,(H,14,15);. The van der Waals surface area contributed by atoms with E-state index in [1.807, 2.05) is 13.8 Å². The van der Waals surface area contributed by atoms with Crippen molar-refractivity contribution in [3.63, 3.8) is 0 Å². The Morgan fingerprint density at radius 3 is 2.44 bits per heavy atom. The van der Waals surface area contributed by atoms with Gasteiger partial charge in [-0.2, -0.15) is 0 Å². The summed E-state index contributed by atoms with van der Waals surface area (Å²) in [6, 6.07) is 4.17. The van der Waals surface area contributed by atoms with Gasteiger partial charge < -0.3 is 4.98 Å². The molecule has 85 valence electrons. The number of aromatic nitrogens is 1. The number of halogens is 2. The third-order valence-electron chi connectivity index (χ3n) is 2.65. The van der Waals surface area contributed by atoms with Gasteiger partial charge in [0.15, 0.2) is 0 Å². The maximum absolute atomic E-state index is 11.6. The molecule has 2 rings (SSSR count). The van der Waals surface area contributed by atoms with Gasteiger partial charge in [0.2, 0.25) is 0 Å². The number of hydrogen-bond acceptors (Lipinski definition) is 1. The number of nitrogens with one attached hydrogen (secondary N) is 1. The van der Waals surface area contributed by atoms with Gasteiger partial charge in [-0.05, 0) is 53.9 Å². The first kappa shape index (κ1) is 13.5. The Morgan fingerprint density at radius 2 is 1.81 bits per heavy atom. The molecule has 2 aromatic rings. The van der Waals surface area contributed by atoms with Crippen molar-refractivity contribution in [3.05, 3.63) is 43.6 Å². The van der Waals surface area contributed by atoms with Crippen molar-refractivity contribution in [1.29, 1.82) is 0 Å². The molecule has 1 aromatic heterocycles. The molecule has 2 nitrogen and oxygen atoms in total. The number of H-pyrrole nitrogens is 1. The van der Waals surface area contributed by atoms with E-state index in [1.54, 1.807) is 0 Å². The number of hydrogen-bond donors (Lipinski definition) is 1. The first-order valence-electron chi connectivity index (χ1n) is 4.80. The van der Waals surface area contributed by atoms with Crippen LogP contribution >= 0.6 is 32.9 Å². The van der Waals surface area contributed by atoms with Gasteiger partial charge in [-0.25, -0.2) is 0 Å². The van der Waals surface area contributed by atoms with E-state index in [4.69, 9.17) is 0 Å². The van der Waals surface area contributed by atoms with E-state index < -0.39 is 0 Å². The topological polar surface area (TPSA) is 32.9 Å². The molecule has 0 unspecified atom stereocenters. The predicted octanol–water partition coefficient (Wildman–Crippen LogP) is 4.06. The monoisotopic (exact) mass is 344 g/mol. The van der Waals surface area contributed by atoms with E-state index in [0.717, 1.165) is 22.0 Å². The molecule has 0 aliphatic carbocycles. The molecular weight excluding hydrogens is 334 g/mol. The molecule has 0 aliphatic heterocycles. The summed E-state index contributed by atoms with van der Waals surface area (Å²) in [6.45, 7) is 6.03. The number of benzene rings is 1. The highest BCUT2D eigenvalue weighted by Gasteiger charge is 2.08. The molecule has 16 heavy (non-hydrogen) atoms. The maximum Gasteiger partial charge on any atom is 0.263 e. The van der Waals surface area contributed by atoms with Crippen LogP contribution in [0.3, 0.4) is 0 Å². The lowest BCUT2D eigenvalue weighted by molar-refractivity contribution is 1.22. The van der Waals surface area contributed by atoms with Crippen LogP contribution in [0.5, 0.6) is 0 Å². The van der Waals surface area contributed by atoms with Crippen LogP contribution in [0.2, 0.25) is 0 Å². The molecular formula is C12H12Br2NO. The summed E-state index contributed by atoms with van der Waals surface area (Å²) in [5.41, 5.74) is 4.19. The molecule has 0 amide bonds. The molecule has 1 aromatic carbocycles. The van der Waals surface area contributed by atoms with Crippen LogP contribution in [-0.4, -0.2) is 4.98 Å². The summed E-state index contributed by atoms with van der Waals surface area (Å²) < 4.78 is 0.625. The summed E-state index contributed by atoms with van der Waals surface area (Å²) in [5.74, 6) is 0. The summed E-state index contributed by atoms with van der Waals surface area (Å²) in [5, 5.41) is 1.11. The minimum atomic E-state index is -0.0630. The van der Waals surface area contributed by atoms with Crippen molar-refractivity contribution < 1.29 is 0 Å². The molecule has 0 saturated carbocycles. The number of pyridine rings is 1. The number of rotatable bonds is 0. The van der Waals surface area contributed by atoms with E-state index in [2.05, 4.69) is 40.0 Å². The minimum absolute atomic E-state index is 0. The van der Waals surface area contributed by atoms with Gasteiger partial charge in [-0.1, -0.05) is 11.6 Å².